The van der Waals surface area contributed by atoms with Gasteiger partial charge in [0.1, 0.15) is 23.8 Å². The zero-order chi connectivity index (χ0) is 24.0. The summed E-state index contributed by atoms with van der Waals surface area (Å²) < 4.78 is 27.7. The molecule has 5 aromatic rings. The number of amides is 1. The molecule has 0 bridgehead atoms. The largest absolute Gasteiger partial charge is 0.487 e. The van der Waals surface area contributed by atoms with E-state index in [0.29, 0.717) is 22.6 Å². The van der Waals surface area contributed by atoms with E-state index >= 15 is 0 Å². The van der Waals surface area contributed by atoms with Gasteiger partial charge in [0.15, 0.2) is 11.6 Å². The predicted octanol–water partition coefficient (Wildman–Crippen LogP) is 5.17. The number of fused-ring (bicyclic) bond motifs is 1. The Kier molecular flexibility index (Phi) is 6.34. The molecule has 174 valence electrons. The summed E-state index contributed by atoms with van der Waals surface area (Å²) in [5.74, 6) is 0.263. The summed E-state index contributed by atoms with van der Waals surface area (Å²) in [5, 5.41) is 2.80. The number of hydrogen-bond acceptors (Lipinski definition) is 5. The number of imidazole rings is 1. The fourth-order valence-electron chi connectivity index (χ4n) is 3.50. The van der Waals surface area contributed by atoms with Crippen molar-refractivity contribution in [1.82, 2.24) is 19.7 Å². The molecule has 3 aromatic heterocycles. The summed E-state index contributed by atoms with van der Waals surface area (Å²) in [6.07, 6.45) is 6.93. The SMILES string of the molecule is O=C(NCc1ccc(Oc2cccnc2)c(F)c1)c1cccc(OCc2cn3ccccc3n2)c1. The first kappa shape index (κ1) is 22.1. The lowest BCUT2D eigenvalue weighted by Crippen LogP contribution is -2.22. The number of carbonyl (C=O) groups excluding carboxylic acids is 1. The Morgan fingerprint density at radius 2 is 1.91 bits per heavy atom. The second-order valence-electron chi connectivity index (χ2n) is 7.75. The van der Waals surface area contributed by atoms with Gasteiger partial charge in [0.25, 0.3) is 5.91 Å². The molecule has 0 aliphatic carbocycles. The van der Waals surface area contributed by atoms with Gasteiger partial charge < -0.3 is 19.2 Å². The number of halogens is 1. The molecule has 0 fully saturated rings. The highest BCUT2D eigenvalue weighted by molar-refractivity contribution is 5.94. The molecule has 0 radical (unpaired) electrons. The average molecular weight is 468 g/mol. The molecule has 2 aromatic carbocycles. The third kappa shape index (κ3) is 5.44. The predicted molar refractivity (Wildman–Crippen MR) is 128 cm³/mol. The molecule has 1 amide bonds. The average Bonchev–Trinajstić information content (AvgIpc) is 3.31. The molecule has 0 saturated carbocycles. The van der Waals surface area contributed by atoms with Crippen molar-refractivity contribution in [2.75, 3.05) is 0 Å². The Morgan fingerprint density at radius 3 is 2.74 bits per heavy atom. The van der Waals surface area contributed by atoms with Crippen molar-refractivity contribution in [3.63, 3.8) is 0 Å². The summed E-state index contributed by atoms with van der Waals surface area (Å²) in [6, 6.07) is 20.6. The highest BCUT2D eigenvalue weighted by Crippen LogP contribution is 2.24. The van der Waals surface area contributed by atoms with E-state index in [1.165, 1.54) is 18.3 Å². The van der Waals surface area contributed by atoms with Crippen molar-refractivity contribution in [3.05, 3.63) is 120 Å². The summed E-state index contributed by atoms with van der Waals surface area (Å²) in [4.78, 5) is 21.1. The molecule has 5 rings (SSSR count). The Labute approximate surface area is 200 Å². The maximum atomic E-state index is 14.4. The maximum Gasteiger partial charge on any atom is 0.251 e. The second-order valence-corrected chi connectivity index (χ2v) is 7.75. The minimum absolute atomic E-state index is 0.0866. The number of benzene rings is 2. The van der Waals surface area contributed by atoms with Crippen molar-refractivity contribution in [3.8, 4) is 17.2 Å². The summed E-state index contributed by atoms with van der Waals surface area (Å²) in [5.41, 5.74) is 2.67. The number of ether oxygens (including phenoxy) is 2. The van der Waals surface area contributed by atoms with Crippen molar-refractivity contribution in [2.45, 2.75) is 13.2 Å². The van der Waals surface area contributed by atoms with Crippen LogP contribution in [0, 0.1) is 5.82 Å². The molecule has 0 unspecified atom stereocenters. The van der Waals surface area contributed by atoms with Crippen LogP contribution in [-0.4, -0.2) is 20.3 Å². The molecule has 0 aliphatic heterocycles. The number of aromatic nitrogens is 3. The van der Waals surface area contributed by atoms with E-state index in [1.807, 2.05) is 35.0 Å². The first-order valence-electron chi connectivity index (χ1n) is 10.9. The van der Waals surface area contributed by atoms with Crippen LogP contribution >= 0.6 is 0 Å². The maximum absolute atomic E-state index is 14.4. The normalized spacial score (nSPS) is 10.8. The van der Waals surface area contributed by atoms with E-state index < -0.39 is 5.82 Å². The summed E-state index contributed by atoms with van der Waals surface area (Å²) >= 11 is 0. The number of nitrogens with one attached hydrogen (secondary N) is 1. The van der Waals surface area contributed by atoms with Gasteiger partial charge in [0.2, 0.25) is 0 Å². The second kappa shape index (κ2) is 10.0. The number of nitrogens with zero attached hydrogens (tertiary/aromatic N) is 3. The van der Waals surface area contributed by atoms with Gasteiger partial charge in [0.05, 0.1) is 11.9 Å². The van der Waals surface area contributed by atoms with Crippen molar-refractivity contribution >= 4 is 11.6 Å². The zero-order valence-corrected chi connectivity index (χ0v) is 18.6. The fraction of sp³-hybridized carbons (Fsp3) is 0.0741. The molecule has 7 nitrogen and oxygen atoms in total. The van der Waals surface area contributed by atoms with Gasteiger partial charge >= 0.3 is 0 Å². The van der Waals surface area contributed by atoms with Crippen LogP contribution in [-0.2, 0) is 13.2 Å². The molecule has 8 heteroatoms. The first-order chi connectivity index (χ1) is 17.1. The van der Waals surface area contributed by atoms with Crippen LogP contribution in [0.4, 0.5) is 4.39 Å². The van der Waals surface area contributed by atoms with Crippen molar-refractivity contribution in [2.24, 2.45) is 0 Å². The van der Waals surface area contributed by atoms with Crippen LogP contribution in [0.1, 0.15) is 21.6 Å². The Hall–Kier alpha value is -4.72. The molecule has 0 atom stereocenters. The Balaban J connectivity index is 1.18. The Bertz CT molecular complexity index is 1440. The van der Waals surface area contributed by atoms with E-state index in [-0.39, 0.29) is 24.8 Å². The number of hydrogen-bond donors (Lipinski definition) is 1. The molecule has 35 heavy (non-hydrogen) atoms. The van der Waals surface area contributed by atoms with Gasteiger partial charge in [-0.1, -0.05) is 18.2 Å². The van der Waals surface area contributed by atoms with Gasteiger partial charge in [0, 0.05) is 30.7 Å². The van der Waals surface area contributed by atoms with Crippen molar-refractivity contribution in [1.29, 1.82) is 0 Å². The van der Waals surface area contributed by atoms with Crippen LogP contribution in [0.3, 0.4) is 0 Å². The summed E-state index contributed by atoms with van der Waals surface area (Å²) in [6.45, 7) is 0.439. The molecule has 0 spiro atoms. The molecular weight excluding hydrogens is 447 g/mol. The van der Waals surface area contributed by atoms with Crippen LogP contribution in [0.25, 0.3) is 5.65 Å². The van der Waals surface area contributed by atoms with E-state index in [0.717, 1.165) is 11.3 Å². The lowest BCUT2D eigenvalue weighted by molar-refractivity contribution is 0.0950. The van der Waals surface area contributed by atoms with E-state index in [9.17, 15) is 9.18 Å². The lowest BCUT2D eigenvalue weighted by atomic mass is 10.1. The van der Waals surface area contributed by atoms with Gasteiger partial charge in [-0.25, -0.2) is 9.37 Å². The zero-order valence-electron chi connectivity index (χ0n) is 18.6. The molecule has 1 N–H and O–H groups in total. The van der Waals surface area contributed by atoms with Crippen LogP contribution in [0.5, 0.6) is 17.2 Å². The van der Waals surface area contributed by atoms with Gasteiger partial charge in [-0.05, 0) is 60.2 Å². The molecular formula is C27H21FN4O3. The highest BCUT2D eigenvalue weighted by atomic mass is 19.1. The molecule has 3 heterocycles. The van der Waals surface area contributed by atoms with Crippen LogP contribution in [0.2, 0.25) is 0 Å². The fourth-order valence-corrected chi connectivity index (χ4v) is 3.50. The Morgan fingerprint density at radius 1 is 1.00 bits per heavy atom. The lowest BCUT2D eigenvalue weighted by Gasteiger charge is -2.10. The van der Waals surface area contributed by atoms with Gasteiger partial charge in [-0.2, -0.15) is 0 Å². The van der Waals surface area contributed by atoms with Crippen LogP contribution in [0.15, 0.2) is 97.6 Å². The van der Waals surface area contributed by atoms with E-state index in [4.69, 9.17) is 9.47 Å². The van der Waals surface area contributed by atoms with Gasteiger partial charge in [-0.3, -0.25) is 9.78 Å². The van der Waals surface area contributed by atoms with Crippen molar-refractivity contribution < 1.29 is 18.7 Å². The monoisotopic (exact) mass is 468 g/mol. The quantitative estimate of drug-likeness (QED) is 0.340. The number of rotatable bonds is 8. The first-order valence-corrected chi connectivity index (χ1v) is 10.9. The summed E-state index contributed by atoms with van der Waals surface area (Å²) in [7, 11) is 0. The topological polar surface area (TPSA) is 77.8 Å². The third-order valence-electron chi connectivity index (χ3n) is 5.21. The van der Waals surface area contributed by atoms with Crippen LogP contribution < -0.4 is 14.8 Å². The van der Waals surface area contributed by atoms with Gasteiger partial charge in [-0.15, -0.1) is 0 Å². The standard InChI is InChI=1S/C27H21FN4O3/c28-24-13-19(9-10-25(24)35-23-7-4-11-29-16-23)15-30-27(33)20-5-3-6-22(14-20)34-18-21-17-32-12-2-1-8-26(32)31-21/h1-14,16-17H,15,18H2,(H,30,33). The van der Waals surface area contributed by atoms with E-state index in [2.05, 4.69) is 15.3 Å². The number of carbonyl (C=O) groups is 1. The molecule has 0 saturated heterocycles. The third-order valence-corrected chi connectivity index (χ3v) is 5.21. The minimum atomic E-state index is -0.525. The highest BCUT2D eigenvalue weighted by Gasteiger charge is 2.10. The number of pyridine rings is 2. The van der Waals surface area contributed by atoms with E-state index in [1.54, 1.807) is 48.7 Å². The smallest absolute Gasteiger partial charge is 0.251 e. The minimum Gasteiger partial charge on any atom is -0.487 e. The molecule has 0 aliphatic rings.